The predicted molar refractivity (Wildman–Crippen MR) is 113 cm³/mol. The third-order valence-corrected chi connectivity index (χ3v) is 6.07. The second-order valence-electron chi connectivity index (χ2n) is 7.07. The highest BCUT2D eigenvalue weighted by molar-refractivity contribution is 7.98. The highest BCUT2D eigenvalue weighted by Crippen LogP contribution is 2.24. The molecule has 30 heavy (non-hydrogen) atoms. The Hall–Kier alpha value is -2.43. The summed E-state index contributed by atoms with van der Waals surface area (Å²) < 4.78 is 7.72. The van der Waals surface area contributed by atoms with Gasteiger partial charge in [-0.3, -0.25) is 9.59 Å². The number of aromatic amines is 1. The molecule has 1 aromatic carbocycles. The van der Waals surface area contributed by atoms with Crippen LogP contribution in [0, 0.1) is 0 Å². The molecule has 3 aromatic rings. The molecule has 9 nitrogen and oxygen atoms in total. The first-order valence-corrected chi connectivity index (χ1v) is 11.0. The fourth-order valence-electron chi connectivity index (χ4n) is 3.38. The molecule has 0 aliphatic carbocycles. The summed E-state index contributed by atoms with van der Waals surface area (Å²) in [6.45, 7) is 1.36. The van der Waals surface area contributed by atoms with Crippen LogP contribution >= 0.6 is 23.4 Å². The van der Waals surface area contributed by atoms with Crippen molar-refractivity contribution in [1.82, 2.24) is 24.7 Å². The van der Waals surface area contributed by atoms with Crippen LogP contribution in [0.25, 0.3) is 10.9 Å². The lowest BCUT2D eigenvalue weighted by molar-refractivity contribution is -0.118. The van der Waals surface area contributed by atoms with Crippen LogP contribution in [-0.4, -0.2) is 43.4 Å². The number of carbonyl (C=O) groups excluding carboxylic acids is 1. The van der Waals surface area contributed by atoms with Crippen molar-refractivity contribution in [2.24, 2.45) is 5.73 Å². The Morgan fingerprint density at radius 1 is 1.40 bits per heavy atom. The van der Waals surface area contributed by atoms with E-state index in [2.05, 4.69) is 20.2 Å². The molecule has 4 rings (SSSR count). The van der Waals surface area contributed by atoms with Crippen LogP contribution in [0.15, 0.2) is 28.2 Å². The van der Waals surface area contributed by atoms with Crippen molar-refractivity contribution in [1.29, 1.82) is 0 Å². The number of ether oxygens (including phenoxy) is 1. The van der Waals surface area contributed by atoms with Gasteiger partial charge in [0.05, 0.1) is 29.3 Å². The molecule has 0 bridgehead atoms. The zero-order valence-corrected chi connectivity index (χ0v) is 17.7. The van der Waals surface area contributed by atoms with E-state index in [1.807, 2.05) is 4.57 Å². The third-order valence-electron chi connectivity index (χ3n) is 4.85. The van der Waals surface area contributed by atoms with E-state index in [-0.39, 0.29) is 24.0 Å². The first-order chi connectivity index (χ1) is 14.5. The number of nitrogens with two attached hydrogens (primary N) is 1. The number of carbonyl (C=O) groups is 1. The number of amides is 1. The first-order valence-electron chi connectivity index (χ1n) is 9.63. The zero-order chi connectivity index (χ0) is 21.1. The lowest BCUT2D eigenvalue weighted by Gasteiger charge is -2.14. The van der Waals surface area contributed by atoms with Gasteiger partial charge in [-0.15, -0.1) is 10.2 Å². The van der Waals surface area contributed by atoms with Gasteiger partial charge in [-0.25, -0.2) is 4.98 Å². The Morgan fingerprint density at radius 2 is 2.27 bits per heavy atom. The maximum Gasteiger partial charge on any atom is 0.258 e. The maximum absolute atomic E-state index is 12.3. The molecule has 3 N–H and O–H groups in total. The number of hydrogen-bond acceptors (Lipinski definition) is 7. The molecule has 0 spiro atoms. The van der Waals surface area contributed by atoms with Crippen LogP contribution in [0.4, 0.5) is 0 Å². The van der Waals surface area contributed by atoms with Crippen LogP contribution in [0.5, 0.6) is 0 Å². The van der Waals surface area contributed by atoms with Crippen LogP contribution in [0.1, 0.15) is 30.9 Å². The van der Waals surface area contributed by atoms with Crippen molar-refractivity contribution in [3.63, 3.8) is 0 Å². The number of aromatic nitrogens is 5. The molecule has 11 heteroatoms. The molecular formula is C19H21ClN6O3S. The zero-order valence-electron chi connectivity index (χ0n) is 16.1. The van der Waals surface area contributed by atoms with Crippen molar-refractivity contribution in [3.05, 3.63) is 45.2 Å². The normalized spacial score (nSPS) is 16.4. The van der Waals surface area contributed by atoms with Crippen molar-refractivity contribution in [3.8, 4) is 0 Å². The number of rotatable bonds is 8. The minimum absolute atomic E-state index is 0.0911. The van der Waals surface area contributed by atoms with E-state index in [0.29, 0.717) is 51.4 Å². The number of primary amides is 1. The first kappa shape index (κ1) is 20.8. The molecule has 1 fully saturated rings. The standard InChI is InChI=1S/C19H21ClN6O3S/c20-11-3-4-13-14(8-11)22-16(23-18(13)28)10-30-19-25-24-17(6-5-15(21)27)26(19)9-12-2-1-7-29-12/h3-4,8,12H,1-2,5-7,9-10H2,(H2,21,27)(H,22,23,28). The van der Waals surface area contributed by atoms with Crippen molar-refractivity contribution >= 4 is 40.2 Å². The number of benzene rings is 1. The van der Waals surface area contributed by atoms with Gasteiger partial charge in [0.1, 0.15) is 11.6 Å². The summed E-state index contributed by atoms with van der Waals surface area (Å²) in [5.41, 5.74) is 5.62. The number of nitrogens with zero attached hydrogens (tertiary/aromatic N) is 4. The van der Waals surface area contributed by atoms with Crippen LogP contribution in [0.3, 0.4) is 0 Å². The average Bonchev–Trinajstić information content (AvgIpc) is 3.35. The number of aryl methyl sites for hydroxylation is 1. The van der Waals surface area contributed by atoms with Crippen LogP contribution < -0.4 is 11.3 Å². The van der Waals surface area contributed by atoms with Gasteiger partial charge < -0.3 is 20.0 Å². The molecule has 1 saturated heterocycles. The van der Waals surface area contributed by atoms with Crippen LogP contribution in [-0.2, 0) is 28.2 Å². The van der Waals surface area contributed by atoms with Gasteiger partial charge in [0.15, 0.2) is 5.16 Å². The lowest BCUT2D eigenvalue weighted by Crippen LogP contribution is -2.19. The van der Waals surface area contributed by atoms with E-state index in [0.717, 1.165) is 19.4 Å². The van der Waals surface area contributed by atoms with Gasteiger partial charge >= 0.3 is 0 Å². The van der Waals surface area contributed by atoms with Crippen molar-refractivity contribution in [2.45, 2.75) is 49.2 Å². The second-order valence-corrected chi connectivity index (χ2v) is 8.45. The molecule has 0 radical (unpaired) electrons. The summed E-state index contributed by atoms with van der Waals surface area (Å²) in [5.74, 6) is 1.23. The van der Waals surface area contributed by atoms with E-state index in [1.54, 1.807) is 18.2 Å². The molecule has 1 amide bonds. The van der Waals surface area contributed by atoms with Gasteiger partial charge in [0.2, 0.25) is 5.91 Å². The Labute approximate surface area is 181 Å². The summed E-state index contributed by atoms with van der Waals surface area (Å²) in [6, 6.07) is 4.99. The van der Waals surface area contributed by atoms with E-state index in [9.17, 15) is 9.59 Å². The van der Waals surface area contributed by atoms with E-state index < -0.39 is 0 Å². The van der Waals surface area contributed by atoms with Crippen molar-refractivity contribution < 1.29 is 9.53 Å². The molecule has 3 heterocycles. The monoisotopic (exact) mass is 448 g/mol. The van der Waals surface area contributed by atoms with E-state index >= 15 is 0 Å². The van der Waals surface area contributed by atoms with E-state index in [1.165, 1.54) is 11.8 Å². The highest BCUT2D eigenvalue weighted by atomic mass is 35.5. The average molecular weight is 449 g/mol. The number of halogens is 1. The summed E-state index contributed by atoms with van der Waals surface area (Å²) in [7, 11) is 0. The summed E-state index contributed by atoms with van der Waals surface area (Å²) in [5, 5.41) is 10.2. The number of H-pyrrole nitrogens is 1. The summed E-state index contributed by atoms with van der Waals surface area (Å²) >= 11 is 7.44. The number of hydrogen-bond donors (Lipinski definition) is 2. The third kappa shape index (κ3) is 4.82. The Morgan fingerprint density at radius 3 is 3.03 bits per heavy atom. The fraction of sp³-hybridized carbons (Fsp3) is 0.421. The van der Waals surface area contributed by atoms with Gasteiger partial charge in [0, 0.05) is 24.5 Å². The number of nitrogens with one attached hydrogen (secondary N) is 1. The molecule has 0 saturated carbocycles. The SMILES string of the molecule is NC(=O)CCc1nnc(SCc2nc3cc(Cl)ccc3c(=O)[nH]2)n1CC1CCCO1. The number of thioether (sulfide) groups is 1. The molecule has 1 unspecified atom stereocenters. The van der Waals surface area contributed by atoms with Crippen molar-refractivity contribution in [2.75, 3.05) is 6.61 Å². The lowest BCUT2D eigenvalue weighted by atomic mass is 10.2. The molecule has 158 valence electrons. The minimum Gasteiger partial charge on any atom is -0.376 e. The second kappa shape index (κ2) is 9.15. The summed E-state index contributed by atoms with van der Waals surface area (Å²) in [4.78, 5) is 30.8. The molecular weight excluding hydrogens is 428 g/mol. The topological polar surface area (TPSA) is 129 Å². The molecule has 1 aliphatic rings. The predicted octanol–water partition coefficient (Wildman–Crippen LogP) is 2.06. The fourth-order valence-corrected chi connectivity index (χ4v) is 4.39. The molecule has 2 aromatic heterocycles. The highest BCUT2D eigenvalue weighted by Gasteiger charge is 2.21. The Bertz CT molecular complexity index is 1130. The smallest absolute Gasteiger partial charge is 0.258 e. The van der Waals surface area contributed by atoms with Gasteiger partial charge in [-0.2, -0.15) is 0 Å². The Kier molecular flexibility index (Phi) is 6.35. The molecule has 1 aliphatic heterocycles. The van der Waals surface area contributed by atoms with Gasteiger partial charge in [-0.05, 0) is 31.0 Å². The molecule has 1 atom stereocenters. The van der Waals surface area contributed by atoms with Crippen LogP contribution in [0.2, 0.25) is 5.02 Å². The minimum atomic E-state index is -0.382. The Balaban J connectivity index is 1.55. The van der Waals surface area contributed by atoms with E-state index in [4.69, 9.17) is 22.1 Å². The summed E-state index contributed by atoms with van der Waals surface area (Å²) in [6.07, 6.45) is 2.70. The van der Waals surface area contributed by atoms with Gasteiger partial charge in [0.25, 0.3) is 5.56 Å². The largest absolute Gasteiger partial charge is 0.376 e. The number of fused-ring (bicyclic) bond motifs is 1. The quantitative estimate of drug-likeness (QED) is 0.504. The van der Waals surface area contributed by atoms with Gasteiger partial charge in [-0.1, -0.05) is 23.4 Å². The maximum atomic E-state index is 12.3.